The Hall–Kier alpha value is -1.16. The van der Waals surface area contributed by atoms with E-state index in [-0.39, 0.29) is 0 Å². The van der Waals surface area contributed by atoms with Crippen molar-refractivity contribution in [3.05, 3.63) is 18.1 Å². The standard InChI is InChI=1S/C13H22N4/c1-17(2)13-10-15-12(9-16-13)8-11-4-3-6-14-7-5-11/h9-11,14H,3-8H2,1-2H3. The molecule has 4 heteroatoms. The van der Waals surface area contributed by atoms with E-state index in [1.165, 1.54) is 25.8 Å². The first-order valence-electron chi connectivity index (χ1n) is 6.44. The fraction of sp³-hybridized carbons (Fsp3) is 0.692. The van der Waals surface area contributed by atoms with Crippen molar-refractivity contribution in [3.63, 3.8) is 0 Å². The van der Waals surface area contributed by atoms with E-state index in [1.54, 1.807) is 0 Å². The summed E-state index contributed by atoms with van der Waals surface area (Å²) in [5, 5.41) is 3.44. The third-order valence-corrected chi connectivity index (χ3v) is 3.34. The van der Waals surface area contributed by atoms with Gasteiger partial charge in [-0.25, -0.2) is 4.98 Å². The van der Waals surface area contributed by atoms with Crippen molar-refractivity contribution in [3.8, 4) is 0 Å². The first kappa shape index (κ1) is 12.3. The Morgan fingerprint density at radius 3 is 2.82 bits per heavy atom. The van der Waals surface area contributed by atoms with Crippen LogP contribution in [-0.4, -0.2) is 37.2 Å². The second kappa shape index (κ2) is 5.96. The molecule has 0 aromatic carbocycles. The van der Waals surface area contributed by atoms with Crippen molar-refractivity contribution in [2.75, 3.05) is 32.1 Å². The first-order chi connectivity index (χ1) is 8.25. The zero-order valence-corrected chi connectivity index (χ0v) is 10.8. The quantitative estimate of drug-likeness (QED) is 0.860. The average Bonchev–Trinajstić information content (AvgIpc) is 2.58. The van der Waals surface area contributed by atoms with Crippen molar-refractivity contribution in [1.82, 2.24) is 15.3 Å². The Labute approximate surface area is 103 Å². The second-order valence-corrected chi connectivity index (χ2v) is 5.01. The summed E-state index contributed by atoms with van der Waals surface area (Å²) in [7, 11) is 3.97. The molecular formula is C13H22N4. The van der Waals surface area contributed by atoms with Gasteiger partial charge in [0, 0.05) is 14.1 Å². The van der Waals surface area contributed by atoms with Gasteiger partial charge in [0.2, 0.25) is 0 Å². The van der Waals surface area contributed by atoms with Crippen LogP contribution in [0.2, 0.25) is 0 Å². The van der Waals surface area contributed by atoms with Crippen LogP contribution in [0.5, 0.6) is 0 Å². The van der Waals surface area contributed by atoms with Gasteiger partial charge in [-0.15, -0.1) is 0 Å². The summed E-state index contributed by atoms with van der Waals surface area (Å²) in [5.41, 5.74) is 1.13. The molecule has 0 amide bonds. The molecule has 1 aromatic heterocycles. The molecule has 2 rings (SSSR count). The fourth-order valence-electron chi connectivity index (χ4n) is 2.28. The van der Waals surface area contributed by atoms with E-state index in [4.69, 9.17) is 0 Å². The van der Waals surface area contributed by atoms with E-state index >= 15 is 0 Å². The Kier molecular flexibility index (Phi) is 4.31. The van der Waals surface area contributed by atoms with E-state index < -0.39 is 0 Å². The van der Waals surface area contributed by atoms with Gasteiger partial charge in [0.15, 0.2) is 0 Å². The summed E-state index contributed by atoms with van der Waals surface area (Å²) < 4.78 is 0. The molecule has 0 spiro atoms. The molecule has 94 valence electrons. The zero-order chi connectivity index (χ0) is 12.1. The van der Waals surface area contributed by atoms with Gasteiger partial charge >= 0.3 is 0 Å². The SMILES string of the molecule is CN(C)c1cnc(CC2CCCNCC2)cn1. The minimum absolute atomic E-state index is 0.768. The van der Waals surface area contributed by atoms with Crippen LogP contribution in [0.3, 0.4) is 0 Å². The normalized spacial score (nSPS) is 20.9. The van der Waals surface area contributed by atoms with Crippen molar-refractivity contribution < 1.29 is 0 Å². The van der Waals surface area contributed by atoms with Crippen LogP contribution in [0.15, 0.2) is 12.4 Å². The maximum atomic E-state index is 4.50. The number of rotatable bonds is 3. The van der Waals surface area contributed by atoms with E-state index in [1.807, 2.05) is 31.4 Å². The molecule has 0 bridgehead atoms. The lowest BCUT2D eigenvalue weighted by Crippen LogP contribution is -2.15. The predicted molar refractivity (Wildman–Crippen MR) is 70.3 cm³/mol. The van der Waals surface area contributed by atoms with Crippen molar-refractivity contribution in [2.45, 2.75) is 25.7 Å². The summed E-state index contributed by atoms with van der Waals surface area (Å²) >= 11 is 0. The Bertz CT molecular complexity index is 326. The summed E-state index contributed by atoms with van der Waals surface area (Å²) in [5.74, 6) is 1.70. The molecule has 1 aliphatic heterocycles. The van der Waals surface area contributed by atoms with E-state index in [0.29, 0.717) is 0 Å². The molecule has 1 aromatic rings. The van der Waals surface area contributed by atoms with E-state index in [9.17, 15) is 0 Å². The van der Waals surface area contributed by atoms with Gasteiger partial charge in [0.1, 0.15) is 5.82 Å². The first-order valence-corrected chi connectivity index (χ1v) is 6.44. The van der Waals surface area contributed by atoms with Gasteiger partial charge in [-0.1, -0.05) is 0 Å². The minimum Gasteiger partial charge on any atom is -0.361 e. The molecule has 1 N–H and O–H groups in total. The number of hydrogen-bond acceptors (Lipinski definition) is 4. The van der Waals surface area contributed by atoms with E-state index in [0.717, 1.165) is 30.4 Å². The largest absolute Gasteiger partial charge is 0.361 e. The maximum Gasteiger partial charge on any atom is 0.146 e. The van der Waals surface area contributed by atoms with Crippen LogP contribution < -0.4 is 10.2 Å². The highest BCUT2D eigenvalue weighted by molar-refractivity contribution is 5.32. The molecule has 0 saturated carbocycles. The summed E-state index contributed by atoms with van der Waals surface area (Å²) in [6, 6.07) is 0. The van der Waals surface area contributed by atoms with Crippen LogP contribution >= 0.6 is 0 Å². The van der Waals surface area contributed by atoms with Crippen molar-refractivity contribution >= 4 is 5.82 Å². The third-order valence-electron chi connectivity index (χ3n) is 3.34. The van der Waals surface area contributed by atoms with Gasteiger partial charge in [0.25, 0.3) is 0 Å². The number of anilines is 1. The highest BCUT2D eigenvalue weighted by atomic mass is 15.1. The minimum atomic E-state index is 0.768. The van der Waals surface area contributed by atoms with Crippen LogP contribution in [0.25, 0.3) is 0 Å². The number of nitrogens with one attached hydrogen (secondary N) is 1. The summed E-state index contributed by atoms with van der Waals surface area (Å²) in [6.07, 6.45) is 8.72. The van der Waals surface area contributed by atoms with Crippen molar-refractivity contribution in [1.29, 1.82) is 0 Å². The summed E-state index contributed by atoms with van der Waals surface area (Å²) in [6.45, 7) is 2.32. The van der Waals surface area contributed by atoms with Crippen molar-refractivity contribution in [2.24, 2.45) is 5.92 Å². The molecule has 1 fully saturated rings. The fourth-order valence-corrected chi connectivity index (χ4v) is 2.28. The van der Waals surface area contributed by atoms with Gasteiger partial charge in [-0.3, -0.25) is 4.98 Å². The van der Waals surface area contributed by atoms with Gasteiger partial charge in [-0.2, -0.15) is 0 Å². The van der Waals surface area contributed by atoms with Gasteiger partial charge in [-0.05, 0) is 44.7 Å². The smallest absolute Gasteiger partial charge is 0.146 e. The highest BCUT2D eigenvalue weighted by Crippen LogP contribution is 2.18. The number of hydrogen-bond donors (Lipinski definition) is 1. The monoisotopic (exact) mass is 234 g/mol. The zero-order valence-electron chi connectivity index (χ0n) is 10.8. The lowest BCUT2D eigenvalue weighted by molar-refractivity contribution is 0.464. The highest BCUT2D eigenvalue weighted by Gasteiger charge is 2.13. The Morgan fingerprint density at radius 2 is 2.12 bits per heavy atom. The van der Waals surface area contributed by atoms with Crippen LogP contribution in [0, 0.1) is 5.92 Å². The molecule has 17 heavy (non-hydrogen) atoms. The lowest BCUT2D eigenvalue weighted by atomic mass is 9.95. The molecule has 0 radical (unpaired) electrons. The van der Waals surface area contributed by atoms with Crippen LogP contribution in [0.1, 0.15) is 25.0 Å². The Balaban J connectivity index is 1.93. The molecule has 1 aliphatic rings. The molecule has 4 nitrogen and oxygen atoms in total. The topological polar surface area (TPSA) is 41.1 Å². The predicted octanol–water partition coefficient (Wildman–Crippen LogP) is 1.47. The maximum absolute atomic E-state index is 4.50. The average molecular weight is 234 g/mol. The molecule has 1 saturated heterocycles. The third kappa shape index (κ3) is 3.66. The summed E-state index contributed by atoms with van der Waals surface area (Å²) in [4.78, 5) is 10.9. The molecule has 0 aliphatic carbocycles. The molecular weight excluding hydrogens is 212 g/mol. The van der Waals surface area contributed by atoms with Crippen LogP contribution in [-0.2, 0) is 6.42 Å². The Morgan fingerprint density at radius 1 is 1.24 bits per heavy atom. The lowest BCUT2D eigenvalue weighted by Gasteiger charge is -2.14. The van der Waals surface area contributed by atoms with Gasteiger partial charge < -0.3 is 10.2 Å². The molecule has 2 heterocycles. The van der Waals surface area contributed by atoms with Gasteiger partial charge in [0.05, 0.1) is 18.1 Å². The number of aromatic nitrogens is 2. The van der Waals surface area contributed by atoms with E-state index in [2.05, 4.69) is 15.3 Å². The molecule has 1 atom stereocenters. The second-order valence-electron chi connectivity index (χ2n) is 5.01. The molecule has 1 unspecified atom stereocenters. The van der Waals surface area contributed by atoms with Crippen LogP contribution in [0.4, 0.5) is 5.82 Å². The number of nitrogens with zero attached hydrogens (tertiary/aromatic N) is 3.